The fourth-order valence-corrected chi connectivity index (χ4v) is 2.17. The van der Waals surface area contributed by atoms with E-state index in [1.54, 1.807) is 0 Å². The lowest BCUT2D eigenvalue weighted by Crippen LogP contribution is -2.19. The second-order valence-corrected chi connectivity index (χ2v) is 5.04. The summed E-state index contributed by atoms with van der Waals surface area (Å²) in [6, 6.07) is 4.28. The summed E-state index contributed by atoms with van der Waals surface area (Å²) in [6.07, 6.45) is 3.40. The van der Waals surface area contributed by atoms with Crippen LogP contribution in [0.2, 0.25) is 0 Å². The molecule has 86 valence electrons. The molecule has 0 aliphatic heterocycles. The van der Waals surface area contributed by atoms with Crippen LogP contribution in [0.4, 0.5) is 0 Å². The van der Waals surface area contributed by atoms with E-state index >= 15 is 0 Å². The fourth-order valence-electron chi connectivity index (χ4n) is 1.46. The molecule has 0 aliphatic rings. The van der Waals surface area contributed by atoms with Gasteiger partial charge in [0.2, 0.25) is 0 Å². The molecule has 1 unspecified atom stereocenters. The minimum absolute atomic E-state index is 0.315. The van der Waals surface area contributed by atoms with Crippen molar-refractivity contribution < 1.29 is 5.11 Å². The summed E-state index contributed by atoms with van der Waals surface area (Å²) in [4.78, 5) is 1.45. The van der Waals surface area contributed by atoms with Crippen molar-refractivity contribution in [3.8, 4) is 0 Å². The molecule has 1 atom stereocenters. The molecule has 2 N–H and O–H groups in total. The second kappa shape index (κ2) is 7.85. The number of rotatable bonds is 8. The van der Waals surface area contributed by atoms with Crippen LogP contribution in [0.25, 0.3) is 0 Å². The van der Waals surface area contributed by atoms with Gasteiger partial charge in [-0.15, -0.1) is 11.3 Å². The Morgan fingerprint density at radius 3 is 3.00 bits per heavy atom. The van der Waals surface area contributed by atoms with Crippen molar-refractivity contribution in [3.63, 3.8) is 0 Å². The van der Waals surface area contributed by atoms with E-state index in [1.807, 2.05) is 11.3 Å². The van der Waals surface area contributed by atoms with E-state index in [-0.39, 0.29) is 0 Å². The highest BCUT2D eigenvalue weighted by Gasteiger charge is 1.98. The standard InChI is InChI=1S/C12H21NOS/c1-11(10-14)4-2-7-13-8-6-12-5-3-9-15-12/h3,5,9,11,13-14H,2,4,6-8,10H2,1H3. The van der Waals surface area contributed by atoms with E-state index in [1.165, 1.54) is 4.88 Å². The first-order chi connectivity index (χ1) is 7.33. The van der Waals surface area contributed by atoms with Crippen molar-refractivity contribution in [2.45, 2.75) is 26.2 Å². The molecule has 1 aromatic rings. The van der Waals surface area contributed by atoms with Gasteiger partial charge in [-0.1, -0.05) is 13.0 Å². The first kappa shape index (κ1) is 12.7. The van der Waals surface area contributed by atoms with E-state index in [0.717, 1.165) is 32.4 Å². The second-order valence-electron chi connectivity index (χ2n) is 4.01. The normalized spacial score (nSPS) is 12.9. The van der Waals surface area contributed by atoms with Crippen LogP contribution in [0.3, 0.4) is 0 Å². The zero-order chi connectivity index (χ0) is 10.9. The number of aliphatic hydroxyl groups excluding tert-OH is 1. The maximum Gasteiger partial charge on any atom is 0.0456 e. The molecule has 1 heterocycles. The Morgan fingerprint density at radius 2 is 2.33 bits per heavy atom. The predicted molar refractivity (Wildman–Crippen MR) is 66.4 cm³/mol. The lowest BCUT2D eigenvalue weighted by atomic mass is 10.1. The van der Waals surface area contributed by atoms with Gasteiger partial charge in [-0.25, -0.2) is 0 Å². The fraction of sp³-hybridized carbons (Fsp3) is 0.667. The minimum atomic E-state index is 0.315. The molecule has 2 nitrogen and oxygen atoms in total. The molecule has 1 rings (SSSR count). The summed E-state index contributed by atoms with van der Waals surface area (Å²) >= 11 is 1.82. The van der Waals surface area contributed by atoms with Gasteiger partial charge in [-0.3, -0.25) is 0 Å². The highest BCUT2D eigenvalue weighted by molar-refractivity contribution is 7.09. The van der Waals surface area contributed by atoms with Crippen molar-refractivity contribution in [2.75, 3.05) is 19.7 Å². The maximum atomic E-state index is 8.84. The van der Waals surface area contributed by atoms with Gasteiger partial charge in [0.15, 0.2) is 0 Å². The van der Waals surface area contributed by atoms with Crippen LogP contribution >= 0.6 is 11.3 Å². The molecule has 0 saturated carbocycles. The van der Waals surface area contributed by atoms with E-state index in [4.69, 9.17) is 5.11 Å². The Balaban J connectivity index is 1.89. The lowest BCUT2D eigenvalue weighted by Gasteiger charge is -2.07. The predicted octanol–water partition coefficient (Wildman–Crippen LogP) is 2.29. The lowest BCUT2D eigenvalue weighted by molar-refractivity contribution is 0.228. The number of hydrogen-bond acceptors (Lipinski definition) is 3. The van der Waals surface area contributed by atoms with Crippen LogP contribution in [-0.4, -0.2) is 24.8 Å². The molecule has 0 aromatic carbocycles. The Bertz CT molecular complexity index is 236. The third-order valence-corrected chi connectivity index (χ3v) is 3.43. The SMILES string of the molecule is CC(CO)CCCNCCc1cccs1. The van der Waals surface area contributed by atoms with E-state index < -0.39 is 0 Å². The molecule has 0 radical (unpaired) electrons. The molecule has 1 aromatic heterocycles. The molecular formula is C12H21NOS. The van der Waals surface area contributed by atoms with E-state index in [9.17, 15) is 0 Å². The van der Waals surface area contributed by atoms with Gasteiger partial charge in [0.1, 0.15) is 0 Å². The first-order valence-corrected chi connectivity index (χ1v) is 6.55. The molecule has 0 aliphatic carbocycles. The number of thiophene rings is 1. The van der Waals surface area contributed by atoms with Crippen molar-refractivity contribution >= 4 is 11.3 Å². The molecule has 0 fully saturated rings. The summed E-state index contributed by atoms with van der Waals surface area (Å²) in [7, 11) is 0. The summed E-state index contributed by atoms with van der Waals surface area (Å²) in [5, 5.41) is 14.4. The van der Waals surface area contributed by atoms with Crippen molar-refractivity contribution in [2.24, 2.45) is 5.92 Å². The van der Waals surface area contributed by atoms with Gasteiger partial charge in [-0.2, -0.15) is 0 Å². The van der Waals surface area contributed by atoms with E-state index in [2.05, 4.69) is 29.8 Å². The quantitative estimate of drug-likeness (QED) is 0.668. The molecule has 15 heavy (non-hydrogen) atoms. The number of hydrogen-bond donors (Lipinski definition) is 2. The molecule has 0 bridgehead atoms. The van der Waals surface area contributed by atoms with Crippen molar-refractivity contribution in [1.29, 1.82) is 0 Å². The third kappa shape index (κ3) is 5.92. The van der Waals surface area contributed by atoms with Crippen LogP contribution in [0, 0.1) is 5.92 Å². The largest absolute Gasteiger partial charge is 0.396 e. The summed E-state index contributed by atoms with van der Waals surface area (Å²) in [6.45, 7) is 4.53. The highest BCUT2D eigenvalue weighted by atomic mass is 32.1. The van der Waals surface area contributed by atoms with Crippen molar-refractivity contribution in [1.82, 2.24) is 5.32 Å². The number of nitrogens with one attached hydrogen (secondary N) is 1. The van der Waals surface area contributed by atoms with E-state index in [0.29, 0.717) is 12.5 Å². The van der Waals surface area contributed by atoms with Crippen molar-refractivity contribution in [3.05, 3.63) is 22.4 Å². The van der Waals surface area contributed by atoms with Gasteiger partial charge in [0.05, 0.1) is 0 Å². The van der Waals surface area contributed by atoms with Crippen LogP contribution in [0.5, 0.6) is 0 Å². The Hall–Kier alpha value is -0.380. The van der Waals surface area contributed by atoms with Gasteiger partial charge in [-0.05, 0) is 49.7 Å². The Labute approximate surface area is 96.3 Å². The topological polar surface area (TPSA) is 32.3 Å². The molecule has 0 spiro atoms. The van der Waals surface area contributed by atoms with Gasteiger partial charge >= 0.3 is 0 Å². The molecule has 3 heteroatoms. The average molecular weight is 227 g/mol. The number of aliphatic hydroxyl groups is 1. The smallest absolute Gasteiger partial charge is 0.0456 e. The maximum absolute atomic E-state index is 8.84. The highest BCUT2D eigenvalue weighted by Crippen LogP contribution is 2.08. The first-order valence-electron chi connectivity index (χ1n) is 5.67. The monoisotopic (exact) mass is 227 g/mol. The van der Waals surface area contributed by atoms with Gasteiger partial charge < -0.3 is 10.4 Å². The zero-order valence-corrected chi connectivity index (χ0v) is 10.2. The average Bonchev–Trinajstić information content (AvgIpc) is 2.75. The van der Waals surface area contributed by atoms with Crippen LogP contribution in [0.15, 0.2) is 17.5 Å². The van der Waals surface area contributed by atoms with Gasteiger partial charge in [0.25, 0.3) is 0 Å². The Kier molecular flexibility index (Phi) is 6.64. The molecular weight excluding hydrogens is 206 g/mol. The van der Waals surface area contributed by atoms with Crippen LogP contribution in [0.1, 0.15) is 24.6 Å². The summed E-state index contributed by atoms with van der Waals surface area (Å²) < 4.78 is 0. The van der Waals surface area contributed by atoms with Crippen LogP contribution < -0.4 is 5.32 Å². The molecule has 0 saturated heterocycles. The summed E-state index contributed by atoms with van der Waals surface area (Å²) in [5.74, 6) is 0.448. The minimum Gasteiger partial charge on any atom is -0.396 e. The van der Waals surface area contributed by atoms with Crippen LogP contribution in [-0.2, 0) is 6.42 Å². The zero-order valence-electron chi connectivity index (χ0n) is 9.41. The molecule has 0 amide bonds. The Morgan fingerprint density at radius 1 is 1.47 bits per heavy atom. The summed E-state index contributed by atoms with van der Waals surface area (Å²) in [5.41, 5.74) is 0. The third-order valence-electron chi connectivity index (χ3n) is 2.49. The van der Waals surface area contributed by atoms with Gasteiger partial charge in [0, 0.05) is 11.5 Å².